The number of rotatable bonds is 2. The fraction of sp³-hybridized carbons (Fsp3) is 0.125. The van der Waals surface area contributed by atoms with Crippen LogP contribution in [0.15, 0.2) is 0 Å². The molecule has 1 aromatic rings. The third-order valence-electron chi connectivity index (χ3n) is 1.93. The highest BCUT2D eigenvalue weighted by Crippen LogP contribution is 2.29. The molecule has 1 N–H and O–H groups in total. The predicted molar refractivity (Wildman–Crippen MR) is 44.7 cm³/mol. The van der Waals surface area contributed by atoms with Crippen molar-refractivity contribution in [1.82, 2.24) is 0 Å². The number of carboxylic acid groups (broad SMARTS) is 1. The molecule has 0 fully saturated rings. The van der Waals surface area contributed by atoms with Gasteiger partial charge in [0.05, 0.1) is 4.92 Å². The molecule has 0 bridgehead atoms. The van der Waals surface area contributed by atoms with E-state index in [1.54, 1.807) is 0 Å². The van der Waals surface area contributed by atoms with Crippen molar-refractivity contribution in [3.63, 3.8) is 0 Å². The maximum atomic E-state index is 13.2. The number of hydrogen-bond acceptors (Lipinski definition) is 3. The van der Waals surface area contributed by atoms with Crippen molar-refractivity contribution < 1.29 is 28.0 Å². The van der Waals surface area contributed by atoms with Gasteiger partial charge in [-0.2, -0.15) is 8.78 Å². The maximum Gasteiger partial charge on any atom is 0.343 e. The van der Waals surface area contributed by atoms with E-state index in [1.165, 1.54) is 0 Å². The van der Waals surface area contributed by atoms with Crippen molar-refractivity contribution >= 4 is 11.7 Å². The second-order valence-electron chi connectivity index (χ2n) is 2.85. The Morgan fingerprint density at radius 3 is 2.12 bits per heavy atom. The van der Waals surface area contributed by atoms with Crippen molar-refractivity contribution in [2.24, 2.45) is 0 Å². The van der Waals surface area contributed by atoms with Crippen molar-refractivity contribution in [3.05, 3.63) is 38.7 Å². The molecular weight excluding hydrogens is 231 g/mol. The van der Waals surface area contributed by atoms with E-state index >= 15 is 0 Å². The fourth-order valence-corrected chi connectivity index (χ4v) is 1.18. The molecule has 0 aliphatic carbocycles. The van der Waals surface area contributed by atoms with Crippen LogP contribution in [0.3, 0.4) is 0 Å². The van der Waals surface area contributed by atoms with Crippen LogP contribution in [-0.4, -0.2) is 16.0 Å². The molecule has 5 nitrogen and oxygen atoms in total. The van der Waals surface area contributed by atoms with Crippen LogP contribution in [-0.2, 0) is 0 Å². The van der Waals surface area contributed by atoms with E-state index in [1.807, 2.05) is 0 Å². The van der Waals surface area contributed by atoms with Crippen LogP contribution in [0, 0.1) is 34.5 Å². The molecule has 0 aliphatic heterocycles. The number of carboxylic acids is 1. The van der Waals surface area contributed by atoms with Gasteiger partial charge >= 0.3 is 11.7 Å². The molecule has 0 saturated carbocycles. The highest BCUT2D eigenvalue weighted by Gasteiger charge is 2.33. The summed E-state index contributed by atoms with van der Waals surface area (Å²) >= 11 is 0. The molecule has 0 atom stereocenters. The molecule has 16 heavy (non-hydrogen) atoms. The van der Waals surface area contributed by atoms with Gasteiger partial charge in [0.25, 0.3) is 0 Å². The predicted octanol–water partition coefficient (Wildman–Crippen LogP) is 2.02. The topological polar surface area (TPSA) is 80.4 Å². The minimum absolute atomic E-state index is 0.814. The van der Waals surface area contributed by atoms with Crippen LogP contribution in [0.4, 0.5) is 18.9 Å². The summed E-state index contributed by atoms with van der Waals surface area (Å²) in [6.07, 6.45) is 0. The lowest BCUT2D eigenvalue weighted by Gasteiger charge is -2.05. The Hall–Kier alpha value is -2.12. The SMILES string of the molecule is Cc1c(F)c([N+](=O)[O-])c(F)c(F)c1C(=O)O. The Labute approximate surface area is 86.3 Å². The molecule has 0 unspecified atom stereocenters. The first kappa shape index (κ1) is 12.0. The molecule has 0 aliphatic rings. The smallest absolute Gasteiger partial charge is 0.343 e. The van der Waals surface area contributed by atoms with E-state index in [0.717, 1.165) is 6.92 Å². The molecule has 0 radical (unpaired) electrons. The van der Waals surface area contributed by atoms with Gasteiger partial charge in [0.15, 0.2) is 5.82 Å². The van der Waals surface area contributed by atoms with E-state index in [9.17, 15) is 28.1 Å². The highest BCUT2D eigenvalue weighted by molar-refractivity contribution is 5.90. The van der Waals surface area contributed by atoms with E-state index in [4.69, 9.17) is 5.11 Å². The number of nitrogens with zero attached hydrogens (tertiary/aromatic N) is 1. The third-order valence-corrected chi connectivity index (χ3v) is 1.93. The summed E-state index contributed by atoms with van der Waals surface area (Å²) in [5.41, 5.74) is -3.77. The standard InChI is InChI=1S/C8H4F3NO4/c1-2-3(8(13)14)5(10)6(11)7(4(2)9)12(15)16/h1H3,(H,13,14). The van der Waals surface area contributed by atoms with Crippen LogP contribution in [0.5, 0.6) is 0 Å². The minimum Gasteiger partial charge on any atom is -0.478 e. The van der Waals surface area contributed by atoms with Gasteiger partial charge in [-0.3, -0.25) is 10.1 Å². The van der Waals surface area contributed by atoms with E-state index in [0.29, 0.717) is 0 Å². The minimum atomic E-state index is -2.12. The normalized spacial score (nSPS) is 10.2. The van der Waals surface area contributed by atoms with E-state index in [2.05, 4.69) is 0 Å². The van der Waals surface area contributed by atoms with Crippen LogP contribution >= 0.6 is 0 Å². The molecule has 1 aromatic carbocycles. The summed E-state index contributed by atoms with van der Waals surface area (Å²) in [5.74, 6) is -7.66. The molecule has 86 valence electrons. The van der Waals surface area contributed by atoms with Gasteiger partial charge in [-0.1, -0.05) is 0 Å². The van der Waals surface area contributed by atoms with Gasteiger partial charge in [0.2, 0.25) is 11.6 Å². The van der Waals surface area contributed by atoms with Crippen molar-refractivity contribution in [3.8, 4) is 0 Å². The zero-order chi connectivity index (χ0) is 12.6. The molecule has 0 heterocycles. The average Bonchev–Trinajstić information content (AvgIpc) is 2.14. The number of aromatic carboxylic acids is 1. The summed E-state index contributed by atoms with van der Waals surface area (Å²) < 4.78 is 39.3. The van der Waals surface area contributed by atoms with Crippen LogP contribution in [0.2, 0.25) is 0 Å². The lowest BCUT2D eigenvalue weighted by Crippen LogP contribution is -2.11. The second kappa shape index (κ2) is 3.80. The molecule has 1 rings (SSSR count). The van der Waals surface area contributed by atoms with Crippen LogP contribution in [0.25, 0.3) is 0 Å². The van der Waals surface area contributed by atoms with Crippen molar-refractivity contribution in [2.45, 2.75) is 6.92 Å². The number of hydrogen-bond donors (Lipinski definition) is 1. The summed E-state index contributed by atoms with van der Waals surface area (Å²) in [7, 11) is 0. The van der Waals surface area contributed by atoms with E-state index < -0.39 is 45.2 Å². The number of nitro benzene ring substituents is 1. The van der Waals surface area contributed by atoms with E-state index in [-0.39, 0.29) is 0 Å². The Morgan fingerprint density at radius 2 is 1.75 bits per heavy atom. The quantitative estimate of drug-likeness (QED) is 0.483. The van der Waals surface area contributed by atoms with Crippen molar-refractivity contribution in [2.75, 3.05) is 0 Å². The van der Waals surface area contributed by atoms with Crippen LogP contribution in [0.1, 0.15) is 15.9 Å². The van der Waals surface area contributed by atoms with Crippen molar-refractivity contribution in [1.29, 1.82) is 0 Å². The Morgan fingerprint density at radius 1 is 1.25 bits per heavy atom. The summed E-state index contributed by atoms with van der Waals surface area (Å²) in [4.78, 5) is 19.3. The first-order valence-corrected chi connectivity index (χ1v) is 3.83. The van der Waals surface area contributed by atoms with Gasteiger partial charge in [-0.05, 0) is 6.92 Å². The number of nitro groups is 1. The Bertz CT molecular complexity index is 427. The first-order valence-electron chi connectivity index (χ1n) is 3.83. The first-order chi connectivity index (χ1) is 7.29. The maximum absolute atomic E-state index is 13.2. The Balaban J connectivity index is 3.77. The fourth-order valence-electron chi connectivity index (χ4n) is 1.18. The largest absolute Gasteiger partial charge is 0.478 e. The lowest BCUT2D eigenvalue weighted by molar-refractivity contribution is -0.390. The molecule has 0 aromatic heterocycles. The summed E-state index contributed by atoms with van der Waals surface area (Å²) in [6.45, 7) is 0.814. The third kappa shape index (κ3) is 1.58. The zero-order valence-electron chi connectivity index (χ0n) is 7.75. The number of carbonyl (C=O) groups is 1. The number of benzene rings is 1. The van der Waals surface area contributed by atoms with Gasteiger partial charge in [0.1, 0.15) is 5.56 Å². The Kier molecular flexibility index (Phi) is 2.84. The average molecular weight is 235 g/mol. The summed E-state index contributed by atoms with van der Waals surface area (Å²) in [6, 6.07) is 0. The van der Waals surface area contributed by atoms with Gasteiger partial charge in [-0.15, -0.1) is 0 Å². The molecule has 0 saturated heterocycles. The summed E-state index contributed by atoms with van der Waals surface area (Å²) in [5, 5.41) is 18.7. The number of halogens is 3. The molecular formula is C8H4F3NO4. The van der Waals surface area contributed by atoms with Gasteiger partial charge in [0, 0.05) is 5.56 Å². The van der Waals surface area contributed by atoms with Gasteiger partial charge < -0.3 is 5.11 Å². The zero-order valence-corrected chi connectivity index (χ0v) is 7.75. The lowest BCUT2D eigenvalue weighted by atomic mass is 10.1. The molecule has 8 heteroatoms. The second-order valence-corrected chi connectivity index (χ2v) is 2.85. The molecule has 0 spiro atoms. The molecule has 0 amide bonds. The monoisotopic (exact) mass is 235 g/mol. The van der Waals surface area contributed by atoms with Crippen LogP contribution < -0.4 is 0 Å². The highest BCUT2D eigenvalue weighted by atomic mass is 19.2. The van der Waals surface area contributed by atoms with Gasteiger partial charge in [-0.25, -0.2) is 9.18 Å².